The number of nitrogens with zero attached hydrogens (tertiary/aromatic N) is 1. The van der Waals surface area contributed by atoms with E-state index >= 15 is 0 Å². The quantitative estimate of drug-likeness (QED) is 0.525. The van der Waals surface area contributed by atoms with E-state index in [-0.39, 0.29) is 5.41 Å². The molecule has 0 aliphatic carbocycles. The van der Waals surface area contributed by atoms with Gasteiger partial charge in [-0.05, 0) is 38.8 Å². The Morgan fingerprint density at radius 1 is 1.18 bits per heavy atom. The molecule has 11 heavy (non-hydrogen) atoms. The van der Waals surface area contributed by atoms with Crippen LogP contribution in [0.5, 0.6) is 0 Å². The van der Waals surface area contributed by atoms with Gasteiger partial charge in [0.1, 0.15) is 6.29 Å². The molecule has 2 rings (SSSR count). The van der Waals surface area contributed by atoms with Crippen LogP contribution in [0.3, 0.4) is 0 Å². The van der Waals surface area contributed by atoms with Crippen LogP contribution in [-0.4, -0.2) is 30.8 Å². The molecule has 2 nitrogen and oxygen atoms in total. The normalized spacial score (nSPS) is 43.5. The second kappa shape index (κ2) is 2.59. The largest absolute Gasteiger partial charge is 0.303 e. The first-order valence-electron chi connectivity index (χ1n) is 4.53. The Morgan fingerprint density at radius 3 is 2.27 bits per heavy atom. The van der Waals surface area contributed by atoms with Gasteiger partial charge >= 0.3 is 0 Å². The lowest BCUT2D eigenvalue weighted by atomic mass is 9.75. The first kappa shape index (κ1) is 7.29. The maximum atomic E-state index is 10.9. The summed E-state index contributed by atoms with van der Waals surface area (Å²) in [4.78, 5) is 13.3. The molecule has 2 heteroatoms. The Morgan fingerprint density at radius 2 is 1.82 bits per heavy atom. The van der Waals surface area contributed by atoms with E-state index in [4.69, 9.17) is 0 Å². The average molecular weight is 153 g/mol. The topological polar surface area (TPSA) is 20.3 Å². The summed E-state index contributed by atoms with van der Waals surface area (Å²) in [6.45, 7) is 3.47. The van der Waals surface area contributed by atoms with Gasteiger partial charge in [-0.1, -0.05) is 0 Å². The first-order chi connectivity index (χ1) is 5.35. The third-order valence-electron chi connectivity index (χ3n) is 3.09. The van der Waals surface area contributed by atoms with Gasteiger partial charge in [-0.15, -0.1) is 0 Å². The van der Waals surface area contributed by atoms with Gasteiger partial charge in [-0.2, -0.15) is 0 Å². The number of fused-ring (bicyclic) bond motifs is 2. The van der Waals surface area contributed by atoms with Crippen LogP contribution in [0.4, 0.5) is 0 Å². The summed E-state index contributed by atoms with van der Waals surface area (Å²) in [5, 5.41) is 0. The third kappa shape index (κ3) is 1.20. The Bertz CT molecular complexity index is 157. The maximum absolute atomic E-state index is 10.9. The minimum atomic E-state index is 0.0660. The molecule has 0 aromatic heterocycles. The molecule has 2 heterocycles. The summed E-state index contributed by atoms with van der Waals surface area (Å²) in [7, 11) is 0. The zero-order valence-corrected chi connectivity index (χ0v) is 6.88. The minimum absolute atomic E-state index is 0.0660. The standard InChI is InChI=1S/C9H15NO/c11-8-9-3-1-5-10(7-9)6-2-4-9/h8H,1-7H2. The van der Waals surface area contributed by atoms with Crippen molar-refractivity contribution in [1.29, 1.82) is 0 Å². The number of carbonyl (C=O) groups excluding carboxylic acids is 1. The molecular formula is C9H15NO. The van der Waals surface area contributed by atoms with Gasteiger partial charge in [0.25, 0.3) is 0 Å². The molecule has 2 bridgehead atoms. The van der Waals surface area contributed by atoms with Crippen molar-refractivity contribution in [3.8, 4) is 0 Å². The summed E-state index contributed by atoms with van der Waals surface area (Å²) < 4.78 is 0. The summed E-state index contributed by atoms with van der Waals surface area (Å²) in [5.74, 6) is 0. The van der Waals surface area contributed by atoms with Crippen LogP contribution in [0.15, 0.2) is 0 Å². The van der Waals surface area contributed by atoms with Gasteiger partial charge in [-0.25, -0.2) is 0 Å². The van der Waals surface area contributed by atoms with Crippen molar-refractivity contribution >= 4 is 6.29 Å². The average Bonchev–Trinajstić information content (AvgIpc) is 2.05. The molecule has 2 aliphatic rings. The van der Waals surface area contributed by atoms with E-state index in [1.54, 1.807) is 0 Å². The second-order valence-corrected chi connectivity index (χ2v) is 3.96. The highest BCUT2D eigenvalue weighted by Crippen LogP contribution is 2.36. The molecule has 2 saturated heterocycles. The highest BCUT2D eigenvalue weighted by molar-refractivity contribution is 5.60. The summed E-state index contributed by atoms with van der Waals surface area (Å²) in [6.07, 6.45) is 5.91. The number of piperidine rings is 2. The molecule has 62 valence electrons. The molecule has 0 aromatic carbocycles. The first-order valence-corrected chi connectivity index (χ1v) is 4.53. The van der Waals surface area contributed by atoms with Gasteiger partial charge < -0.3 is 9.69 Å². The van der Waals surface area contributed by atoms with Crippen molar-refractivity contribution in [2.75, 3.05) is 19.6 Å². The molecule has 0 spiro atoms. The number of carbonyl (C=O) groups is 1. The minimum Gasteiger partial charge on any atom is -0.303 e. The fourth-order valence-corrected chi connectivity index (χ4v) is 2.46. The molecule has 0 N–H and O–H groups in total. The van der Waals surface area contributed by atoms with Crippen molar-refractivity contribution in [1.82, 2.24) is 4.90 Å². The van der Waals surface area contributed by atoms with Crippen molar-refractivity contribution in [3.63, 3.8) is 0 Å². The summed E-state index contributed by atoms with van der Waals surface area (Å²) in [5.41, 5.74) is 0.0660. The Labute approximate surface area is 67.6 Å². The number of rotatable bonds is 1. The monoisotopic (exact) mass is 153 g/mol. The predicted octanol–water partition coefficient (Wildman–Crippen LogP) is 1.06. The maximum Gasteiger partial charge on any atom is 0.127 e. The molecule has 2 aliphatic heterocycles. The van der Waals surface area contributed by atoms with E-state index in [1.165, 1.54) is 32.2 Å². The lowest BCUT2D eigenvalue weighted by Crippen LogP contribution is -2.48. The molecule has 0 saturated carbocycles. The van der Waals surface area contributed by atoms with E-state index in [0.29, 0.717) is 0 Å². The zero-order valence-electron chi connectivity index (χ0n) is 6.88. The van der Waals surface area contributed by atoms with Crippen LogP contribution in [0.2, 0.25) is 0 Å². The van der Waals surface area contributed by atoms with Crippen molar-refractivity contribution in [2.45, 2.75) is 25.7 Å². The van der Waals surface area contributed by atoms with Crippen molar-refractivity contribution in [3.05, 3.63) is 0 Å². The Hall–Kier alpha value is -0.370. The van der Waals surface area contributed by atoms with Crippen molar-refractivity contribution < 1.29 is 4.79 Å². The third-order valence-corrected chi connectivity index (χ3v) is 3.09. The van der Waals surface area contributed by atoms with E-state index in [1.807, 2.05) is 0 Å². The fraction of sp³-hybridized carbons (Fsp3) is 0.889. The van der Waals surface area contributed by atoms with Crippen LogP contribution in [0, 0.1) is 5.41 Å². The molecule has 0 radical (unpaired) electrons. The molecule has 2 fully saturated rings. The van der Waals surface area contributed by atoms with E-state index in [0.717, 1.165) is 19.4 Å². The SMILES string of the molecule is O=CC12CCCN(CCC1)C2. The van der Waals surface area contributed by atoms with Gasteiger partial charge in [0.05, 0.1) is 0 Å². The smallest absolute Gasteiger partial charge is 0.127 e. The van der Waals surface area contributed by atoms with Crippen LogP contribution >= 0.6 is 0 Å². The molecular weight excluding hydrogens is 138 g/mol. The number of hydrogen-bond acceptors (Lipinski definition) is 2. The Kier molecular flexibility index (Phi) is 1.72. The van der Waals surface area contributed by atoms with Gasteiger partial charge in [-0.3, -0.25) is 0 Å². The van der Waals surface area contributed by atoms with Gasteiger partial charge in [0.15, 0.2) is 0 Å². The van der Waals surface area contributed by atoms with E-state index in [9.17, 15) is 4.79 Å². The van der Waals surface area contributed by atoms with Crippen LogP contribution in [0.1, 0.15) is 25.7 Å². The van der Waals surface area contributed by atoms with Crippen molar-refractivity contribution in [2.24, 2.45) is 5.41 Å². The molecule has 0 unspecified atom stereocenters. The highest BCUT2D eigenvalue weighted by atomic mass is 16.1. The van der Waals surface area contributed by atoms with E-state index < -0.39 is 0 Å². The summed E-state index contributed by atoms with van der Waals surface area (Å²) in [6, 6.07) is 0. The number of hydrogen-bond donors (Lipinski definition) is 0. The molecule has 0 aromatic rings. The zero-order chi connectivity index (χ0) is 7.73. The van der Waals surface area contributed by atoms with Crippen LogP contribution < -0.4 is 0 Å². The molecule has 0 atom stereocenters. The lowest BCUT2D eigenvalue weighted by Gasteiger charge is -2.43. The predicted molar refractivity (Wildman–Crippen MR) is 43.4 cm³/mol. The second-order valence-electron chi connectivity index (χ2n) is 3.96. The van der Waals surface area contributed by atoms with E-state index in [2.05, 4.69) is 4.90 Å². The van der Waals surface area contributed by atoms with Crippen LogP contribution in [-0.2, 0) is 4.79 Å². The van der Waals surface area contributed by atoms with Gasteiger partial charge in [0, 0.05) is 12.0 Å². The molecule has 0 amide bonds. The number of aldehydes is 1. The highest BCUT2D eigenvalue weighted by Gasteiger charge is 2.37. The van der Waals surface area contributed by atoms with Crippen LogP contribution in [0.25, 0.3) is 0 Å². The fourth-order valence-electron chi connectivity index (χ4n) is 2.46. The lowest BCUT2D eigenvalue weighted by molar-refractivity contribution is -0.121. The summed E-state index contributed by atoms with van der Waals surface area (Å²) >= 11 is 0. The van der Waals surface area contributed by atoms with Gasteiger partial charge in [0.2, 0.25) is 0 Å². The Balaban J connectivity index is 2.13.